The van der Waals surface area contributed by atoms with Crippen LogP contribution < -0.4 is 16.4 Å². The van der Waals surface area contributed by atoms with Crippen molar-refractivity contribution in [2.75, 3.05) is 23.0 Å². The van der Waals surface area contributed by atoms with Gasteiger partial charge in [-0.15, -0.1) is 0 Å². The number of aliphatic hydroxyl groups excluding tert-OH is 1. The Labute approximate surface area is 160 Å². The molecule has 1 aromatic carbocycles. The van der Waals surface area contributed by atoms with E-state index in [4.69, 9.17) is 10.5 Å². The van der Waals surface area contributed by atoms with Gasteiger partial charge < -0.3 is 26.0 Å². The third kappa shape index (κ3) is 4.98. The van der Waals surface area contributed by atoms with Crippen LogP contribution in [0.1, 0.15) is 25.5 Å². The zero-order valence-electron chi connectivity index (χ0n) is 15.2. The molecule has 6 N–H and O–H groups in total. The number of hydrogen-bond acceptors (Lipinski definition) is 9. The summed E-state index contributed by atoms with van der Waals surface area (Å²) in [5.74, 6) is -0.410. The van der Waals surface area contributed by atoms with Crippen LogP contribution in [0.4, 0.5) is 27.8 Å². The molecule has 2 rings (SSSR count). The maximum atomic E-state index is 11.6. The summed E-state index contributed by atoms with van der Waals surface area (Å²) in [5.41, 5.74) is 5.65. The minimum Gasteiger partial charge on any atom is -0.508 e. The van der Waals surface area contributed by atoms with Crippen molar-refractivity contribution in [3.05, 3.63) is 46.0 Å². The quantitative estimate of drug-likeness (QED) is 0.351. The lowest BCUT2D eigenvalue weighted by Crippen LogP contribution is -2.25. The molecule has 28 heavy (non-hydrogen) atoms. The Morgan fingerprint density at radius 3 is 2.61 bits per heavy atom. The van der Waals surface area contributed by atoms with Crippen molar-refractivity contribution in [3.63, 3.8) is 0 Å². The van der Waals surface area contributed by atoms with E-state index in [1.807, 2.05) is 0 Å². The van der Waals surface area contributed by atoms with E-state index in [9.17, 15) is 25.1 Å². The van der Waals surface area contributed by atoms with Crippen LogP contribution in [-0.4, -0.2) is 38.9 Å². The molecular formula is C17H21N5O6. The lowest BCUT2D eigenvalue weighted by Gasteiger charge is -2.22. The zero-order valence-corrected chi connectivity index (χ0v) is 15.2. The van der Waals surface area contributed by atoms with Gasteiger partial charge in [-0.25, -0.2) is 9.78 Å². The van der Waals surface area contributed by atoms with Gasteiger partial charge in [0.15, 0.2) is 0 Å². The van der Waals surface area contributed by atoms with Gasteiger partial charge in [0, 0.05) is 6.07 Å². The molecule has 1 aromatic heterocycles. The summed E-state index contributed by atoms with van der Waals surface area (Å²) in [6.45, 7) is 3.36. The summed E-state index contributed by atoms with van der Waals surface area (Å²) in [7, 11) is 0. The number of carbonyl (C=O) groups excluding carboxylic acids is 1. The van der Waals surface area contributed by atoms with E-state index in [1.54, 1.807) is 13.8 Å². The molecule has 0 aliphatic rings. The van der Waals surface area contributed by atoms with Crippen molar-refractivity contribution in [3.8, 4) is 5.75 Å². The molecule has 150 valence electrons. The number of nitrogens with one attached hydrogen (secondary N) is 2. The van der Waals surface area contributed by atoms with Gasteiger partial charge in [0.25, 0.3) is 0 Å². The van der Waals surface area contributed by atoms with Crippen LogP contribution >= 0.6 is 0 Å². The van der Waals surface area contributed by atoms with Gasteiger partial charge >= 0.3 is 11.8 Å². The van der Waals surface area contributed by atoms with Gasteiger partial charge in [-0.1, -0.05) is 12.1 Å². The second kappa shape index (κ2) is 8.86. The number of phenolic OH excluding ortho intramolecular Hbond substituents is 1. The second-order valence-electron chi connectivity index (χ2n) is 5.86. The van der Waals surface area contributed by atoms with E-state index < -0.39 is 34.7 Å². The molecule has 1 amide bonds. The number of aromatic hydroxyl groups is 1. The molecule has 0 radical (unpaired) electrons. The van der Waals surface area contributed by atoms with E-state index in [-0.39, 0.29) is 23.9 Å². The maximum absolute atomic E-state index is 11.6. The highest BCUT2D eigenvalue weighted by atomic mass is 16.6. The van der Waals surface area contributed by atoms with Gasteiger partial charge in [0.2, 0.25) is 5.82 Å². The number of benzene rings is 1. The number of aliphatic hydroxyl groups is 1. The summed E-state index contributed by atoms with van der Waals surface area (Å²) in [6.07, 6.45) is -1.83. The van der Waals surface area contributed by atoms with E-state index in [2.05, 4.69) is 15.6 Å². The number of aromatic nitrogens is 1. The number of hydrogen-bond donors (Lipinski definition) is 5. The predicted molar refractivity (Wildman–Crippen MR) is 102 cm³/mol. The van der Waals surface area contributed by atoms with Crippen LogP contribution in [0.5, 0.6) is 5.75 Å². The largest absolute Gasteiger partial charge is 0.508 e. The van der Waals surface area contributed by atoms with Crippen LogP contribution in [0.2, 0.25) is 0 Å². The van der Waals surface area contributed by atoms with E-state index >= 15 is 0 Å². The lowest BCUT2D eigenvalue weighted by atomic mass is 10.0. The van der Waals surface area contributed by atoms with E-state index in [1.165, 1.54) is 30.3 Å². The molecular weight excluding hydrogens is 370 g/mol. The number of rotatable bonds is 7. The van der Waals surface area contributed by atoms with E-state index in [0.29, 0.717) is 5.56 Å². The summed E-state index contributed by atoms with van der Waals surface area (Å²) in [5, 5.41) is 36.3. The predicted octanol–water partition coefficient (Wildman–Crippen LogP) is 2.38. The Kier molecular flexibility index (Phi) is 6.55. The normalized spacial score (nSPS) is 12.7. The van der Waals surface area contributed by atoms with Gasteiger partial charge in [0.1, 0.15) is 17.3 Å². The monoisotopic (exact) mass is 391 g/mol. The Hall–Kier alpha value is -3.60. The molecule has 1 unspecified atom stereocenters. The topological polar surface area (TPSA) is 173 Å². The van der Waals surface area contributed by atoms with Crippen molar-refractivity contribution in [1.82, 2.24) is 4.98 Å². The summed E-state index contributed by atoms with van der Waals surface area (Å²) in [4.78, 5) is 26.0. The molecule has 0 bridgehead atoms. The highest BCUT2D eigenvalue weighted by Crippen LogP contribution is 2.34. The zero-order chi connectivity index (χ0) is 20.8. The average molecular weight is 391 g/mol. The molecule has 0 saturated heterocycles. The van der Waals surface area contributed by atoms with Gasteiger partial charge in [0.05, 0.1) is 23.7 Å². The van der Waals surface area contributed by atoms with Crippen LogP contribution in [-0.2, 0) is 4.74 Å². The molecule has 0 fully saturated rings. The fraction of sp³-hybridized carbons (Fsp3) is 0.294. The van der Waals surface area contributed by atoms with Crippen LogP contribution in [0, 0.1) is 10.1 Å². The van der Waals surface area contributed by atoms with Gasteiger partial charge in [-0.3, -0.25) is 15.4 Å². The Morgan fingerprint density at radius 2 is 2.04 bits per heavy atom. The molecule has 0 aliphatic heterocycles. The van der Waals surface area contributed by atoms with E-state index in [0.717, 1.165) is 0 Å². The number of nitrogen functional groups attached to an aromatic ring is 1. The highest BCUT2D eigenvalue weighted by Gasteiger charge is 2.25. The fourth-order valence-corrected chi connectivity index (χ4v) is 2.48. The molecule has 11 heteroatoms. The number of pyridine rings is 1. The minimum atomic E-state index is -1.05. The molecule has 2 aromatic rings. The van der Waals surface area contributed by atoms with Crippen LogP contribution in [0.3, 0.4) is 0 Å². The summed E-state index contributed by atoms with van der Waals surface area (Å²) in [6, 6.07) is 6.44. The first-order chi connectivity index (χ1) is 13.2. The van der Waals surface area contributed by atoms with Gasteiger partial charge in [-0.2, -0.15) is 0 Å². The number of nitrogens with two attached hydrogens (primary N) is 1. The SMILES string of the molecule is CCOC(=O)Nc1cc(N[C@@H](C)C(O)c2ccc(O)cc2)c([N+](=O)[O-])c(N)n1. The maximum Gasteiger partial charge on any atom is 0.412 e. The van der Waals surface area contributed by atoms with Crippen molar-refractivity contribution in [2.24, 2.45) is 0 Å². The first-order valence-electron chi connectivity index (χ1n) is 8.35. The average Bonchev–Trinajstić information content (AvgIpc) is 2.61. The number of ether oxygens (including phenoxy) is 1. The number of phenols is 1. The number of anilines is 3. The second-order valence-corrected chi connectivity index (χ2v) is 5.86. The highest BCUT2D eigenvalue weighted by molar-refractivity contribution is 5.86. The van der Waals surface area contributed by atoms with Crippen molar-refractivity contribution in [1.29, 1.82) is 0 Å². The van der Waals surface area contributed by atoms with Gasteiger partial charge in [-0.05, 0) is 31.5 Å². The summed E-state index contributed by atoms with van der Waals surface area (Å²) >= 11 is 0. The minimum absolute atomic E-state index is 0.0328. The molecule has 11 nitrogen and oxygen atoms in total. The third-order valence-corrected chi connectivity index (χ3v) is 3.80. The fourth-order valence-electron chi connectivity index (χ4n) is 2.48. The summed E-state index contributed by atoms with van der Waals surface area (Å²) < 4.78 is 4.74. The number of amides is 1. The van der Waals surface area contributed by atoms with Crippen LogP contribution in [0.15, 0.2) is 30.3 Å². The molecule has 0 aliphatic carbocycles. The smallest absolute Gasteiger partial charge is 0.412 e. The number of nitro groups is 1. The first kappa shape index (κ1) is 20.7. The molecule has 2 atom stereocenters. The van der Waals surface area contributed by atoms with Crippen LogP contribution in [0.25, 0.3) is 0 Å². The molecule has 1 heterocycles. The van der Waals surface area contributed by atoms with Crippen molar-refractivity contribution in [2.45, 2.75) is 26.0 Å². The Morgan fingerprint density at radius 1 is 1.39 bits per heavy atom. The lowest BCUT2D eigenvalue weighted by molar-refractivity contribution is -0.383. The number of nitrogens with zero attached hydrogens (tertiary/aromatic N) is 2. The molecule has 0 saturated carbocycles. The number of carbonyl (C=O) groups is 1. The van der Waals surface area contributed by atoms with Crippen molar-refractivity contribution >= 4 is 29.1 Å². The third-order valence-electron chi connectivity index (χ3n) is 3.80. The van der Waals surface area contributed by atoms with Crippen molar-refractivity contribution < 1.29 is 24.7 Å². The molecule has 0 spiro atoms. The Bertz CT molecular complexity index is 858. The first-order valence-corrected chi connectivity index (χ1v) is 8.35. The Balaban J connectivity index is 2.30. The standard InChI is InChI=1S/C17H21N5O6/c1-3-28-17(25)21-13-8-12(14(22(26)27)16(18)20-13)19-9(2)15(24)10-4-6-11(23)7-5-10/h4-9,15,23-24H,3H2,1-2H3,(H4,18,19,20,21,25)/t9-,15?/m0/s1.